The van der Waals surface area contributed by atoms with Crippen LogP contribution in [0.2, 0.25) is 0 Å². The Kier molecular flexibility index (Phi) is 3.51. The number of ether oxygens (including phenoxy) is 1. The molecular weight excluding hydrogens is 314 g/mol. The summed E-state index contributed by atoms with van der Waals surface area (Å²) in [5.41, 5.74) is 0.446. The molecule has 0 unspecified atom stereocenters. The number of nitrogens with zero attached hydrogens (tertiary/aromatic N) is 2. The van der Waals surface area contributed by atoms with Gasteiger partial charge in [0.25, 0.3) is 5.91 Å². The van der Waals surface area contributed by atoms with Crippen molar-refractivity contribution in [3.8, 4) is 5.75 Å². The maximum atomic E-state index is 12.6. The number of benzene rings is 1. The number of aromatic nitrogens is 1. The van der Waals surface area contributed by atoms with Crippen molar-refractivity contribution in [1.82, 2.24) is 9.69 Å². The molecule has 0 radical (unpaired) electrons. The van der Waals surface area contributed by atoms with Crippen LogP contribution in [-0.4, -0.2) is 47.7 Å². The van der Waals surface area contributed by atoms with E-state index in [1.54, 1.807) is 7.11 Å². The third-order valence-electron chi connectivity index (χ3n) is 5.12. The van der Waals surface area contributed by atoms with Crippen LogP contribution in [0.5, 0.6) is 5.75 Å². The monoisotopic (exact) mass is 333 g/mol. The van der Waals surface area contributed by atoms with E-state index < -0.39 is 0 Å². The molecule has 4 heterocycles. The van der Waals surface area contributed by atoms with Gasteiger partial charge in [0.2, 0.25) is 0 Å². The number of quaternary nitrogens is 1. The first-order valence-electron chi connectivity index (χ1n) is 7.89. The minimum atomic E-state index is -0.174. The fraction of sp³-hybridized carbons (Fsp3) is 0.500. The van der Waals surface area contributed by atoms with Gasteiger partial charge < -0.3 is 19.9 Å². The fourth-order valence-corrected chi connectivity index (χ4v) is 4.56. The average Bonchev–Trinajstić information content (AvgIpc) is 2.98. The van der Waals surface area contributed by atoms with Gasteiger partial charge in [-0.3, -0.25) is 4.79 Å². The third-order valence-corrected chi connectivity index (χ3v) is 5.93. The van der Waals surface area contributed by atoms with Crippen LogP contribution in [0, 0.1) is 11.1 Å². The van der Waals surface area contributed by atoms with Gasteiger partial charge in [0.1, 0.15) is 11.4 Å². The number of carbonyl (C=O) groups is 1. The Hall–Kier alpha value is -1.70. The summed E-state index contributed by atoms with van der Waals surface area (Å²) in [6, 6.07) is 5.55. The van der Waals surface area contributed by atoms with Crippen LogP contribution >= 0.6 is 11.5 Å². The van der Waals surface area contributed by atoms with Gasteiger partial charge in [-0.25, -0.2) is 0 Å². The van der Waals surface area contributed by atoms with Crippen LogP contribution in [0.25, 0.3) is 10.1 Å². The van der Waals surface area contributed by atoms with Crippen molar-refractivity contribution in [3.05, 3.63) is 29.1 Å². The van der Waals surface area contributed by atoms with Gasteiger partial charge in [-0.15, -0.1) is 0 Å². The van der Waals surface area contributed by atoms with Crippen LogP contribution in [-0.2, 0) is 0 Å². The van der Waals surface area contributed by atoms with E-state index in [0.29, 0.717) is 31.2 Å². The summed E-state index contributed by atoms with van der Waals surface area (Å²) in [5, 5.41) is 16.3. The highest BCUT2D eigenvalue weighted by atomic mass is 32.1. The summed E-state index contributed by atoms with van der Waals surface area (Å²) in [5.74, 6) is 1.01. The molecular formula is C16H19N3O3S. The Bertz CT molecular complexity index is 752. The van der Waals surface area contributed by atoms with Crippen LogP contribution < -0.4 is 10.1 Å². The molecule has 23 heavy (non-hydrogen) atoms. The molecule has 1 amide bonds. The highest BCUT2D eigenvalue weighted by Crippen LogP contribution is 2.33. The van der Waals surface area contributed by atoms with Crippen molar-refractivity contribution < 1.29 is 14.2 Å². The largest absolute Gasteiger partial charge is 0.633 e. The molecule has 3 saturated heterocycles. The first-order chi connectivity index (χ1) is 11.1. The molecule has 1 atom stereocenters. The Morgan fingerprint density at radius 3 is 2.91 bits per heavy atom. The van der Waals surface area contributed by atoms with Crippen LogP contribution in [0.4, 0.5) is 0 Å². The van der Waals surface area contributed by atoms with Crippen molar-refractivity contribution in [2.75, 3.05) is 26.7 Å². The Morgan fingerprint density at radius 1 is 1.43 bits per heavy atom. The number of hydroxylamine groups is 3. The van der Waals surface area contributed by atoms with Crippen molar-refractivity contribution in [3.63, 3.8) is 0 Å². The summed E-state index contributed by atoms with van der Waals surface area (Å²) >= 11 is 1.29. The number of fused-ring (bicyclic) bond motifs is 4. The minimum absolute atomic E-state index is 0.0301. The van der Waals surface area contributed by atoms with E-state index in [1.807, 2.05) is 18.2 Å². The third kappa shape index (κ3) is 2.58. The molecule has 3 aliphatic rings. The Labute approximate surface area is 138 Å². The van der Waals surface area contributed by atoms with Crippen molar-refractivity contribution in [2.45, 2.75) is 18.9 Å². The summed E-state index contributed by atoms with van der Waals surface area (Å²) in [6.45, 7) is 1.87. The number of nitrogens with one attached hydrogen (secondary N) is 1. The highest BCUT2D eigenvalue weighted by molar-refractivity contribution is 7.13. The molecule has 7 heteroatoms. The van der Waals surface area contributed by atoms with Crippen LogP contribution in [0.3, 0.4) is 0 Å². The number of methoxy groups -OCH3 is 1. The smallest absolute Gasteiger partial charge is 0.272 e. The molecule has 1 aromatic carbocycles. The second-order valence-corrected chi connectivity index (χ2v) is 7.30. The maximum Gasteiger partial charge on any atom is 0.272 e. The molecule has 2 bridgehead atoms. The van der Waals surface area contributed by atoms with Gasteiger partial charge in [0.05, 0.1) is 37.5 Å². The standard InChI is InChI=1S/C16H19N3O3S/c1-22-11-2-3-12-14(8-11)23-18-15(12)16(20)17-13-9-19(21)6-4-10(13)5-7-19/h2-3,8,10,13H,4-7,9H2,1H3,(H,17,20)/t10?,13-,19?/m1/s1. The molecule has 3 aliphatic heterocycles. The van der Waals surface area contributed by atoms with Crippen molar-refractivity contribution in [1.29, 1.82) is 0 Å². The van der Waals surface area contributed by atoms with Gasteiger partial charge in [-0.2, -0.15) is 4.37 Å². The van der Waals surface area contributed by atoms with E-state index in [0.717, 1.165) is 28.7 Å². The molecule has 0 spiro atoms. The molecule has 2 aromatic rings. The number of carbonyl (C=O) groups excluding carboxylic acids is 1. The molecule has 122 valence electrons. The van der Waals surface area contributed by atoms with Crippen LogP contribution in [0.1, 0.15) is 23.3 Å². The zero-order chi connectivity index (χ0) is 16.0. The SMILES string of the molecule is COc1ccc2c(C(=O)N[C@@H]3C[N+]4([O-])CCC3CC4)nsc2c1. The Morgan fingerprint density at radius 2 is 2.22 bits per heavy atom. The van der Waals surface area contributed by atoms with Crippen molar-refractivity contribution >= 4 is 27.5 Å². The van der Waals surface area contributed by atoms with Gasteiger partial charge in [0, 0.05) is 18.2 Å². The first kappa shape index (κ1) is 14.9. The molecule has 1 aromatic heterocycles. The van der Waals surface area contributed by atoms with E-state index in [4.69, 9.17) is 4.74 Å². The van der Waals surface area contributed by atoms with E-state index in [9.17, 15) is 10.0 Å². The fourth-order valence-electron chi connectivity index (χ4n) is 3.76. The summed E-state index contributed by atoms with van der Waals surface area (Å²) in [7, 11) is 1.62. The molecule has 3 fully saturated rings. The number of hydrogen-bond donors (Lipinski definition) is 1. The zero-order valence-corrected chi connectivity index (χ0v) is 13.8. The lowest BCUT2D eigenvalue weighted by molar-refractivity contribution is -0.898. The normalized spacial score (nSPS) is 29.7. The van der Waals surface area contributed by atoms with Gasteiger partial charge >= 0.3 is 0 Å². The number of piperidine rings is 3. The Balaban J connectivity index is 1.56. The highest BCUT2D eigenvalue weighted by Gasteiger charge is 2.42. The summed E-state index contributed by atoms with van der Waals surface area (Å²) in [4.78, 5) is 12.6. The second-order valence-electron chi connectivity index (χ2n) is 6.50. The average molecular weight is 333 g/mol. The van der Waals surface area contributed by atoms with Gasteiger partial charge in [-0.05, 0) is 35.6 Å². The van der Waals surface area contributed by atoms with Gasteiger partial charge in [-0.1, -0.05) is 0 Å². The molecule has 0 saturated carbocycles. The lowest BCUT2D eigenvalue weighted by Gasteiger charge is -2.55. The second kappa shape index (κ2) is 5.43. The molecule has 6 nitrogen and oxygen atoms in total. The van der Waals surface area contributed by atoms with Crippen LogP contribution in [0.15, 0.2) is 18.2 Å². The molecule has 0 aliphatic carbocycles. The topological polar surface area (TPSA) is 74.3 Å². The van der Waals surface area contributed by atoms with E-state index in [1.165, 1.54) is 11.5 Å². The number of hydrogen-bond acceptors (Lipinski definition) is 5. The minimum Gasteiger partial charge on any atom is -0.633 e. The van der Waals surface area contributed by atoms with E-state index in [2.05, 4.69) is 9.69 Å². The molecule has 5 rings (SSSR count). The first-order valence-corrected chi connectivity index (χ1v) is 8.67. The molecule has 1 N–H and O–H groups in total. The summed E-state index contributed by atoms with van der Waals surface area (Å²) in [6.07, 6.45) is 1.81. The van der Waals surface area contributed by atoms with Crippen molar-refractivity contribution in [2.24, 2.45) is 5.92 Å². The lowest BCUT2D eigenvalue weighted by Crippen LogP contribution is -2.64. The predicted molar refractivity (Wildman–Crippen MR) is 88.4 cm³/mol. The maximum absolute atomic E-state index is 12.6. The van der Waals surface area contributed by atoms with Gasteiger partial charge in [0.15, 0.2) is 0 Å². The quantitative estimate of drug-likeness (QED) is 0.690. The lowest BCUT2D eigenvalue weighted by atomic mass is 9.83. The van der Waals surface area contributed by atoms with E-state index >= 15 is 0 Å². The summed E-state index contributed by atoms with van der Waals surface area (Å²) < 4.78 is 10.3. The zero-order valence-electron chi connectivity index (χ0n) is 12.9. The number of amides is 1. The van der Waals surface area contributed by atoms with E-state index in [-0.39, 0.29) is 16.6 Å². The predicted octanol–water partition coefficient (Wildman–Crippen LogP) is 2.14. The number of rotatable bonds is 3.